The van der Waals surface area contributed by atoms with E-state index in [2.05, 4.69) is 110 Å². The number of hydrogen-bond donors (Lipinski definition) is 0. The highest BCUT2D eigenvalue weighted by atomic mass is 15.1. The number of rotatable bonds is 7. The lowest BCUT2D eigenvalue weighted by atomic mass is 9.86. The van der Waals surface area contributed by atoms with Gasteiger partial charge < -0.3 is 9.80 Å². The summed E-state index contributed by atoms with van der Waals surface area (Å²) in [5.74, 6) is 0.596. The summed E-state index contributed by atoms with van der Waals surface area (Å²) < 4.78 is 0. The summed E-state index contributed by atoms with van der Waals surface area (Å²) in [7, 11) is 4.15. The lowest BCUT2D eigenvalue weighted by Crippen LogP contribution is -2.27. The first-order chi connectivity index (χ1) is 15.5. The van der Waals surface area contributed by atoms with Crippen LogP contribution >= 0.6 is 0 Å². The van der Waals surface area contributed by atoms with Gasteiger partial charge in [-0.3, -0.25) is 0 Å². The highest BCUT2D eigenvalue weighted by molar-refractivity contribution is 5.66. The molecule has 0 amide bonds. The van der Waals surface area contributed by atoms with Crippen LogP contribution in [-0.4, -0.2) is 14.1 Å². The molecule has 0 saturated heterocycles. The molecule has 0 bridgehead atoms. The largest absolute Gasteiger partial charge is 0.378 e. The Kier molecular flexibility index (Phi) is 6.99. The van der Waals surface area contributed by atoms with Gasteiger partial charge in [-0.15, -0.1) is 0 Å². The number of anilines is 2. The first kappa shape index (κ1) is 22.2. The zero-order valence-corrected chi connectivity index (χ0v) is 19.8. The Labute approximate surface area is 194 Å². The summed E-state index contributed by atoms with van der Waals surface area (Å²) >= 11 is 0. The summed E-state index contributed by atoms with van der Waals surface area (Å²) in [4.78, 5) is 4.58. The molecule has 0 heterocycles. The molecular formula is C30H36N2. The quantitative estimate of drug-likeness (QED) is 0.381. The van der Waals surface area contributed by atoms with E-state index in [1.165, 1.54) is 71.4 Å². The normalized spacial score (nSPS) is 14.2. The highest BCUT2D eigenvalue weighted by Crippen LogP contribution is 2.34. The molecule has 0 radical (unpaired) electrons. The molecule has 4 rings (SSSR count). The third-order valence-electron chi connectivity index (χ3n) is 6.75. The van der Waals surface area contributed by atoms with E-state index in [0.717, 1.165) is 6.54 Å². The average Bonchev–Trinajstić information content (AvgIpc) is 2.83. The molecule has 0 atom stereocenters. The van der Waals surface area contributed by atoms with Crippen molar-refractivity contribution in [2.45, 2.75) is 45.6 Å². The Bertz CT molecular complexity index is 1030. The second kappa shape index (κ2) is 10.1. The van der Waals surface area contributed by atoms with Gasteiger partial charge in [0.1, 0.15) is 0 Å². The number of benzene rings is 3. The van der Waals surface area contributed by atoms with Crippen molar-refractivity contribution in [2.24, 2.45) is 5.92 Å². The molecule has 1 aliphatic rings. The van der Waals surface area contributed by atoms with Crippen LogP contribution in [0.5, 0.6) is 0 Å². The van der Waals surface area contributed by atoms with Crippen molar-refractivity contribution < 1.29 is 0 Å². The van der Waals surface area contributed by atoms with Crippen LogP contribution < -0.4 is 9.80 Å². The Morgan fingerprint density at radius 3 is 2.03 bits per heavy atom. The SMILES string of the molecule is C=C(C1CCCCC1)N(Cc1ccc(-c2ccc(N(C)C)cc2)cc1)c1cccc(C)c1. The van der Waals surface area contributed by atoms with Gasteiger partial charge in [-0.1, -0.05) is 74.4 Å². The topological polar surface area (TPSA) is 6.48 Å². The van der Waals surface area contributed by atoms with Gasteiger partial charge in [0.25, 0.3) is 0 Å². The molecule has 0 aromatic heterocycles. The lowest BCUT2D eigenvalue weighted by Gasteiger charge is -2.34. The maximum Gasteiger partial charge on any atom is 0.0478 e. The van der Waals surface area contributed by atoms with Crippen LogP contribution in [0.25, 0.3) is 11.1 Å². The Balaban J connectivity index is 1.55. The standard InChI is InChI=1S/C30H36N2/c1-23-9-8-12-30(21-23)32(24(2)26-10-6-5-7-11-26)22-25-13-15-27(16-14-25)28-17-19-29(20-18-28)31(3)4/h8-9,12-21,26H,2,5-7,10-11,22H2,1,3-4H3. The summed E-state index contributed by atoms with van der Waals surface area (Å²) in [5.41, 5.74) is 8.87. The third kappa shape index (κ3) is 5.24. The van der Waals surface area contributed by atoms with Gasteiger partial charge in [0.05, 0.1) is 0 Å². The van der Waals surface area contributed by atoms with E-state index < -0.39 is 0 Å². The Morgan fingerprint density at radius 1 is 0.812 bits per heavy atom. The van der Waals surface area contributed by atoms with Crippen LogP contribution in [0.15, 0.2) is 85.1 Å². The minimum Gasteiger partial charge on any atom is -0.378 e. The van der Waals surface area contributed by atoms with Crippen LogP contribution in [0, 0.1) is 12.8 Å². The number of hydrogen-bond acceptors (Lipinski definition) is 2. The van der Waals surface area contributed by atoms with Crippen molar-refractivity contribution in [2.75, 3.05) is 23.9 Å². The predicted octanol–water partition coefficient (Wildman–Crippen LogP) is 7.83. The van der Waals surface area contributed by atoms with Gasteiger partial charge in [-0.25, -0.2) is 0 Å². The highest BCUT2D eigenvalue weighted by Gasteiger charge is 2.22. The van der Waals surface area contributed by atoms with Crippen molar-refractivity contribution >= 4 is 11.4 Å². The molecule has 0 N–H and O–H groups in total. The van der Waals surface area contributed by atoms with E-state index in [1.807, 2.05) is 0 Å². The zero-order chi connectivity index (χ0) is 22.5. The number of allylic oxidation sites excluding steroid dienone is 1. The Hall–Kier alpha value is -3.00. The monoisotopic (exact) mass is 424 g/mol. The van der Waals surface area contributed by atoms with Crippen LogP contribution in [-0.2, 0) is 6.54 Å². The van der Waals surface area contributed by atoms with E-state index in [4.69, 9.17) is 0 Å². The second-order valence-electron chi connectivity index (χ2n) is 9.39. The van der Waals surface area contributed by atoms with Crippen molar-refractivity contribution in [3.63, 3.8) is 0 Å². The van der Waals surface area contributed by atoms with Gasteiger partial charge in [-0.2, -0.15) is 0 Å². The fourth-order valence-electron chi connectivity index (χ4n) is 4.75. The van der Waals surface area contributed by atoms with Gasteiger partial charge in [-0.05, 0) is 72.2 Å². The molecule has 0 aliphatic heterocycles. The molecule has 2 heteroatoms. The third-order valence-corrected chi connectivity index (χ3v) is 6.75. The molecule has 1 fully saturated rings. The molecule has 3 aromatic carbocycles. The number of aryl methyl sites for hydroxylation is 1. The minimum atomic E-state index is 0.596. The van der Waals surface area contributed by atoms with Gasteiger partial charge in [0.2, 0.25) is 0 Å². The van der Waals surface area contributed by atoms with E-state index in [0.29, 0.717) is 5.92 Å². The summed E-state index contributed by atoms with van der Waals surface area (Å²) in [6.45, 7) is 7.62. The van der Waals surface area contributed by atoms with E-state index in [-0.39, 0.29) is 0 Å². The van der Waals surface area contributed by atoms with Crippen LogP contribution in [0.2, 0.25) is 0 Å². The van der Waals surface area contributed by atoms with E-state index in [1.54, 1.807) is 0 Å². The molecule has 0 spiro atoms. The molecular weight excluding hydrogens is 388 g/mol. The second-order valence-corrected chi connectivity index (χ2v) is 9.39. The molecule has 166 valence electrons. The Morgan fingerprint density at radius 2 is 1.44 bits per heavy atom. The van der Waals surface area contributed by atoms with Crippen molar-refractivity contribution in [1.29, 1.82) is 0 Å². The van der Waals surface area contributed by atoms with Crippen LogP contribution in [0.4, 0.5) is 11.4 Å². The summed E-state index contributed by atoms with van der Waals surface area (Å²) in [6.07, 6.45) is 6.55. The van der Waals surface area contributed by atoms with Gasteiger partial charge >= 0.3 is 0 Å². The summed E-state index contributed by atoms with van der Waals surface area (Å²) in [5, 5.41) is 0. The van der Waals surface area contributed by atoms with Crippen molar-refractivity contribution in [1.82, 2.24) is 0 Å². The lowest BCUT2D eigenvalue weighted by molar-refractivity contribution is 0.396. The molecule has 32 heavy (non-hydrogen) atoms. The maximum absolute atomic E-state index is 4.59. The molecule has 2 nitrogen and oxygen atoms in total. The van der Waals surface area contributed by atoms with Crippen molar-refractivity contribution in [3.8, 4) is 11.1 Å². The number of nitrogens with zero attached hydrogens (tertiary/aromatic N) is 2. The van der Waals surface area contributed by atoms with Gasteiger partial charge in [0.15, 0.2) is 0 Å². The molecule has 0 unspecified atom stereocenters. The van der Waals surface area contributed by atoms with E-state index >= 15 is 0 Å². The maximum atomic E-state index is 4.59. The van der Waals surface area contributed by atoms with Crippen molar-refractivity contribution in [3.05, 3.63) is 96.2 Å². The molecule has 1 saturated carbocycles. The van der Waals surface area contributed by atoms with Gasteiger partial charge in [0, 0.05) is 37.7 Å². The molecule has 1 aliphatic carbocycles. The van der Waals surface area contributed by atoms with E-state index in [9.17, 15) is 0 Å². The predicted molar refractivity (Wildman–Crippen MR) is 139 cm³/mol. The smallest absolute Gasteiger partial charge is 0.0478 e. The molecule has 3 aromatic rings. The zero-order valence-electron chi connectivity index (χ0n) is 19.8. The fourth-order valence-corrected chi connectivity index (χ4v) is 4.75. The summed E-state index contributed by atoms with van der Waals surface area (Å²) in [6, 6.07) is 26.6. The average molecular weight is 425 g/mol. The fraction of sp³-hybridized carbons (Fsp3) is 0.333. The first-order valence-electron chi connectivity index (χ1n) is 11.9. The van der Waals surface area contributed by atoms with Crippen LogP contribution in [0.1, 0.15) is 43.2 Å². The minimum absolute atomic E-state index is 0.596. The first-order valence-corrected chi connectivity index (χ1v) is 11.9. The van der Waals surface area contributed by atoms with Crippen LogP contribution in [0.3, 0.4) is 0 Å².